The molecule has 0 radical (unpaired) electrons. The quantitative estimate of drug-likeness (QED) is 0.841. The molecule has 0 spiro atoms. The maximum absolute atomic E-state index is 12.6. The lowest BCUT2D eigenvalue weighted by molar-refractivity contribution is -0.116. The number of benzene rings is 1. The zero-order valence-electron chi connectivity index (χ0n) is 12.8. The van der Waals surface area contributed by atoms with Crippen LogP contribution >= 0.6 is 11.6 Å². The minimum absolute atomic E-state index is 0.0544. The molecule has 1 fully saturated rings. The summed E-state index contributed by atoms with van der Waals surface area (Å²) in [7, 11) is 0. The van der Waals surface area contributed by atoms with E-state index in [-0.39, 0.29) is 11.8 Å². The standard InChI is InChI=1S/C17H23ClN2O2/c18-10-6-9-16(21)19-15-8-5-7-14(13-15)17(22)20-11-3-1-2-4-12-20/h5,7-8,13H,1-4,6,9-12H2,(H,19,21). The molecule has 4 nitrogen and oxygen atoms in total. The fourth-order valence-electron chi connectivity index (χ4n) is 2.64. The summed E-state index contributed by atoms with van der Waals surface area (Å²) in [6, 6.07) is 7.17. The number of nitrogens with one attached hydrogen (secondary N) is 1. The van der Waals surface area contributed by atoms with Crippen LogP contribution in [0.1, 0.15) is 48.9 Å². The Morgan fingerprint density at radius 3 is 2.55 bits per heavy atom. The monoisotopic (exact) mass is 322 g/mol. The molecule has 1 heterocycles. The van der Waals surface area contributed by atoms with Crippen LogP contribution in [0.3, 0.4) is 0 Å². The van der Waals surface area contributed by atoms with Gasteiger partial charge in [0.25, 0.3) is 5.91 Å². The number of likely N-dealkylation sites (tertiary alicyclic amines) is 1. The van der Waals surface area contributed by atoms with Crippen LogP contribution in [0, 0.1) is 0 Å². The van der Waals surface area contributed by atoms with Crippen LogP contribution in [-0.4, -0.2) is 35.7 Å². The van der Waals surface area contributed by atoms with E-state index < -0.39 is 0 Å². The van der Waals surface area contributed by atoms with E-state index in [1.165, 1.54) is 12.8 Å². The average molecular weight is 323 g/mol. The molecule has 2 amide bonds. The Hall–Kier alpha value is -1.55. The Balaban J connectivity index is 2.00. The summed E-state index contributed by atoms with van der Waals surface area (Å²) in [6.45, 7) is 1.65. The first-order valence-corrected chi connectivity index (χ1v) is 8.49. The molecule has 0 aliphatic carbocycles. The first-order valence-electron chi connectivity index (χ1n) is 7.96. The molecule has 1 aromatic rings. The number of carbonyl (C=O) groups is 2. The van der Waals surface area contributed by atoms with Gasteiger partial charge < -0.3 is 10.2 Å². The van der Waals surface area contributed by atoms with E-state index in [2.05, 4.69) is 5.32 Å². The average Bonchev–Trinajstić information content (AvgIpc) is 2.81. The third kappa shape index (κ3) is 5.02. The number of rotatable bonds is 5. The second kappa shape index (κ2) is 8.79. The van der Waals surface area contributed by atoms with Crippen LogP contribution in [0.4, 0.5) is 5.69 Å². The first kappa shape index (κ1) is 16.8. The Labute approximate surface area is 136 Å². The maximum atomic E-state index is 12.6. The van der Waals surface area contributed by atoms with Gasteiger partial charge in [0.15, 0.2) is 0 Å². The van der Waals surface area contributed by atoms with Crippen LogP contribution in [0.15, 0.2) is 24.3 Å². The Bertz CT molecular complexity index is 511. The van der Waals surface area contributed by atoms with Crippen molar-refractivity contribution < 1.29 is 9.59 Å². The lowest BCUT2D eigenvalue weighted by atomic mass is 10.1. The van der Waals surface area contributed by atoms with E-state index in [1.807, 2.05) is 17.0 Å². The molecule has 0 atom stereocenters. The van der Waals surface area contributed by atoms with Gasteiger partial charge in [0.2, 0.25) is 5.91 Å². The normalized spacial score (nSPS) is 15.2. The number of hydrogen-bond donors (Lipinski definition) is 1. The van der Waals surface area contributed by atoms with Gasteiger partial charge >= 0.3 is 0 Å². The summed E-state index contributed by atoms with van der Waals surface area (Å²) < 4.78 is 0. The number of alkyl halides is 1. The van der Waals surface area contributed by atoms with E-state index >= 15 is 0 Å². The zero-order valence-corrected chi connectivity index (χ0v) is 13.6. The highest BCUT2D eigenvalue weighted by Crippen LogP contribution is 2.16. The molecule has 1 saturated heterocycles. The van der Waals surface area contributed by atoms with Gasteiger partial charge in [-0.2, -0.15) is 0 Å². The van der Waals surface area contributed by atoms with E-state index in [9.17, 15) is 9.59 Å². The molecule has 0 aromatic heterocycles. The molecule has 120 valence electrons. The Morgan fingerprint density at radius 1 is 1.14 bits per heavy atom. The van der Waals surface area contributed by atoms with E-state index in [1.54, 1.807) is 12.1 Å². The summed E-state index contributed by atoms with van der Waals surface area (Å²) in [5.41, 5.74) is 1.30. The number of anilines is 1. The van der Waals surface area contributed by atoms with Gasteiger partial charge in [-0.1, -0.05) is 18.9 Å². The summed E-state index contributed by atoms with van der Waals surface area (Å²) in [5.74, 6) is 0.458. The Morgan fingerprint density at radius 2 is 1.86 bits per heavy atom. The van der Waals surface area contributed by atoms with Crippen molar-refractivity contribution in [2.45, 2.75) is 38.5 Å². The van der Waals surface area contributed by atoms with Crippen LogP contribution in [-0.2, 0) is 4.79 Å². The molecule has 1 aliphatic rings. The molecule has 5 heteroatoms. The van der Waals surface area contributed by atoms with Gasteiger partial charge in [-0.05, 0) is 37.5 Å². The highest BCUT2D eigenvalue weighted by Gasteiger charge is 2.17. The van der Waals surface area contributed by atoms with Crippen LogP contribution in [0.25, 0.3) is 0 Å². The van der Waals surface area contributed by atoms with Gasteiger partial charge in [0, 0.05) is 36.6 Å². The molecule has 1 N–H and O–H groups in total. The number of hydrogen-bond acceptors (Lipinski definition) is 2. The minimum atomic E-state index is -0.0694. The third-order valence-corrected chi connectivity index (χ3v) is 4.09. The van der Waals surface area contributed by atoms with Crippen LogP contribution in [0.2, 0.25) is 0 Å². The summed E-state index contributed by atoms with van der Waals surface area (Å²) in [6.07, 6.45) is 5.58. The second-order valence-corrected chi connectivity index (χ2v) is 6.01. The molecule has 22 heavy (non-hydrogen) atoms. The molecule has 1 aliphatic heterocycles. The highest BCUT2D eigenvalue weighted by molar-refractivity contribution is 6.18. The highest BCUT2D eigenvalue weighted by atomic mass is 35.5. The van der Waals surface area contributed by atoms with Gasteiger partial charge in [-0.25, -0.2) is 0 Å². The summed E-state index contributed by atoms with van der Waals surface area (Å²) >= 11 is 5.58. The van der Waals surface area contributed by atoms with Gasteiger partial charge in [0.1, 0.15) is 0 Å². The van der Waals surface area contributed by atoms with Crippen LogP contribution < -0.4 is 5.32 Å². The SMILES string of the molecule is O=C(CCCCl)Nc1cccc(C(=O)N2CCCCCC2)c1. The van der Waals surface area contributed by atoms with Crippen molar-refractivity contribution in [2.75, 3.05) is 24.3 Å². The number of carbonyl (C=O) groups excluding carboxylic acids is 2. The fourth-order valence-corrected chi connectivity index (χ4v) is 2.77. The predicted octanol–water partition coefficient (Wildman–Crippen LogP) is 3.66. The van der Waals surface area contributed by atoms with E-state index in [4.69, 9.17) is 11.6 Å². The lowest BCUT2D eigenvalue weighted by Crippen LogP contribution is -2.31. The molecular weight excluding hydrogens is 300 g/mol. The zero-order chi connectivity index (χ0) is 15.8. The van der Waals surface area contributed by atoms with Crippen molar-refractivity contribution in [1.29, 1.82) is 0 Å². The number of nitrogens with zero attached hydrogens (tertiary/aromatic N) is 1. The lowest BCUT2D eigenvalue weighted by Gasteiger charge is -2.20. The van der Waals surface area contributed by atoms with Crippen molar-refractivity contribution >= 4 is 29.1 Å². The van der Waals surface area contributed by atoms with Crippen molar-refractivity contribution in [2.24, 2.45) is 0 Å². The molecule has 2 rings (SSSR count). The van der Waals surface area contributed by atoms with Crippen molar-refractivity contribution in [3.8, 4) is 0 Å². The van der Waals surface area contributed by atoms with E-state index in [0.29, 0.717) is 30.0 Å². The summed E-state index contributed by atoms with van der Waals surface area (Å²) in [5, 5.41) is 2.82. The van der Waals surface area contributed by atoms with Crippen molar-refractivity contribution in [1.82, 2.24) is 4.90 Å². The third-order valence-electron chi connectivity index (χ3n) is 3.82. The summed E-state index contributed by atoms with van der Waals surface area (Å²) in [4.78, 5) is 26.2. The number of amides is 2. The molecule has 1 aromatic carbocycles. The second-order valence-electron chi connectivity index (χ2n) is 5.63. The van der Waals surface area contributed by atoms with Gasteiger partial charge in [-0.3, -0.25) is 9.59 Å². The van der Waals surface area contributed by atoms with Gasteiger partial charge in [-0.15, -0.1) is 11.6 Å². The largest absolute Gasteiger partial charge is 0.339 e. The molecule has 0 saturated carbocycles. The molecular formula is C17H23ClN2O2. The number of halogens is 1. The minimum Gasteiger partial charge on any atom is -0.339 e. The first-order chi connectivity index (χ1) is 10.7. The fraction of sp³-hybridized carbons (Fsp3) is 0.529. The topological polar surface area (TPSA) is 49.4 Å². The molecule has 0 bridgehead atoms. The smallest absolute Gasteiger partial charge is 0.253 e. The molecule has 0 unspecified atom stereocenters. The van der Waals surface area contributed by atoms with Crippen molar-refractivity contribution in [3.05, 3.63) is 29.8 Å². The predicted molar refractivity (Wildman–Crippen MR) is 89.4 cm³/mol. The van der Waals surface area contributed by atoms with Crippen molar-refractivity contribution in [3.63, 3.8) is 0 Å². The van der Waals surface area contributed by atoms with Gasteiger partial charge in [0.05, 0.1) is 0 Å². The van der Waals surface area contributed by atoms with Crippen LogP contribution in [0.5, 0.6) is 0 Å². The maximum Gasteiger partial charge on any atom is 0.253 e. The van der Waals surface area contributed by atoms with E-state index in [0.717, 1.165) is 25.9 Å². The Kier molecular flexibility index (Phi) is 6.72.